The van der Waals surface area contributed by atoms with E-state index < -0.39 is 11.4 Å². The molecule has 0 fully saturated rings. The van der Waals surface area contributed by atoms with E-state index in [0.717, 1.165) is 6.07 Å². The van der Waals surface area contributed by atoms with Crippen molar-refractivity contribution in [3.63, 3.8) is 0 Å². The number of hydrogen-bond donors (Lipinski definition) is 2. The Morgan fingerprint density at radius 1 is 1.31 bits per heavy atom. The smallest absolute Gasteiger partial charge is 0.251 e. The minimum absolute atomic E-state index is 0.333. The lowest BCUT2D eigenvalue weighted by molar-refractivity contribution is 0.637. The van der Waals surface area contributed by atoms with E-state index in [0.29, 0.717) is 16.6 Å². The van der Waals surface area contributed by atoms with Gasteiger partial charge in [-0.15, -0.1) is 0 Å². The molecule has 3 nitrogen and oxygen atoms in total. The zero-order chi connectivity index (χ0) is 9.42. The molecule has 0 unspecified atom stereocenters. The molecule has 0 aliphatic carbocycles. The normalized spacial score (nSPS) is 10.5. The van der Waals surface area contributed by atoms with Crippen LogP contribution >= 0.6 is 0 Å². The molecule has 0 spiro atoms. The molecule has 0 saturated carbocycles. The highest BCUT2D eigenvalue weighted by Gasteiger charge is 2.01. The molecule has 1 aromatic heterocycles. The molecule has 0 amide bonds. The number of pyridine rings is 1. The van der Waals surface area contributed by atoms with Crippen molar-refractivity contribution in [1.82, 2.24) is 4.98 Å². The summed E-state index contributed by atoms with van der Waals surface area (Å²) in [5.41, 5.74) is 5.95. The van der Waals surface area contributed by atoms with Crippen molar-refractivity contribution in [2.75, 3.05) is 5.73 Å². The maximum atomic E-state index is 13.2. The van der Waals surface area contributed by atoms with Crippen molar-refractivity contribution in [2.45, 2.75) is 0 Å². The van der Waals surface area contributed by atoms with Crippen LogP contribution in [0.3, 0.4) is 0 Å². The molecule has 2 rings (SSSR count). The van der Waals surface area contributed by atoms with Gasteiger partial charge in [-0.05, 0) is 18.2 Å². The van der Waals surface area contributed by atoms with Gasteiger partial charge in [0.15, 0.2) is 0 Å². The van der Waals surface area contributed by atoms with Crippen LogP contribution in [0, 0.1) is 5.82 Å². The van der Waals surface area contributed by atoms with Gasteiger partial charge in [0.2, 0.25) is 0 Å². The molecule has 0 radical (unpaired) electrons. The molecule has 2 aromatic rings. The summed E-state index contributed by atoms with van der Waals surface area (Å²) in [4.78, 5) is 13.4. The maximum absolute atomic E-state index is 13.2. The molecule has 4 heteroatoms. The van der Waals surface area contributed by atoms with Gasteiger partial charge in [-0.1, -0.05) is 0 Å². The van der Waals surface area contributed by atoms with Crippen molar-refractivity contribution in [2.24, 2.45) is 0 Å². The van der Waals surface area contributed by atoms with Gasteiger partial charge in [-0.3, -0.25) is 4.79 Å². The first-order valence-corrected chi connectivity index (χ1v) is 3.75. The van der Waals surface area contributed by atoms with Gasteiger partial charge in [0.05, 0.1) is 5.52 Å². The summed E-state index contributed by atoms with van der Waals surface area (Å²) in [6.45, 7) is 0. The number of nitrogens with one attached hydrogen (secondary N) is 1. The van der Waals surface area contributed by atoms with Gasteiger partial charge in [0.1, 0.15) is 5.82 Å². The summed E-state index contributed by atoms with van der Waals surface area (Å²) in [5.74, 6) is -0.550. The first-order chi connectivity index (χ1) is 6.16. The standard InChI is InChI=1S/C9H7FN2O/c10-7-4-9(13)12-8-2-1-5(11)3-6(7)8/h1-4H,11H2,(H,12,13). The van der Waals surface area contributed by atoms with Crippen LogP contribution in [0.15, 0.2) is 29.1 Å². The summed E-state index contributed by atoms with van der Waals surface area (Å²) < 4.78 is 13.2. The molecular formula is C9H7FN2O. The number of nitrogens with two attached hydrogens (primary N) is 1. The summed E-state index contributed by atoms with van der Waals surface area (Å²) in [6, 6.07) is 5.58. The molecule has 0 atom stereocenters. The SMILES string of the molecule is Nc1ccc2[nH]c(=O)cc(F)c2c1. The van der Waals surface area contributed by atoms with Crippen LogP contribution in [0.4, 0.5) is 10.1 Å². The van der Waals surface area contributed by atoms with Gasteiger partial charge in [-0.2, -0.15) is 0 Å². The van der Waals surface area contributed by atoms with E-state index in [9.17, 15) is 9.18 Å². The lowest BCUT2D eigenvalue weighted by Gasteiger charge is -1.99. The largest absolute Gasteiger partial charge is 0.399 e. The Morgan fingerprint density at radius 3 is 2.85 bits per heavy atom. The molecule has 0 aliphatic rings. The fraction of sp³-hybridized carbons (Fsp3) is 0. The molecule has 1 heterocycles. The fourth-order valence-electron chi connectivity index (χ4n) is 1.23. The van der Waals surface area contributed by atoms with E-state index >= 15 is 0 Å². The fourth-order valence-corrected chi connectivity index (χ4v) is 1.23. The van der Waals surface area contributed by atoms with E-state index in [1.807, 2.05) is 0 Å². The van der Waals surface area contributed by atoms with E-state index in [1.165, 1.54) is 6.07 Å². The van der Waals surface area contributed by atoms with Crippen molar-refractivity contribution < 1.29 is 4.39 Å². The average molecular weight is 178 g/mol. The second kappa shape index (κ2) is 2.58. The minimum atomic E-state index is -0.550. The highest BCUT2D eigenvalue weighted by Crippen LogP contribution is 2.16. The van der Waals surface area contributed by atoms with Gasteiger partial charge >= 0.3 is 0 Å². The van der Waals surface area contributed by atoms with Crippen molar-refractivity contribution >= 4 is 16.6 Å². The molecule has 66 valence electrons. The van der Waals surface area contributed by atoms with Crippen molar-refractivity contribution in [3.8, 4) is 0 Å². The summed E-state index contributed by atoms with van der Waals surface area (Å²) in [7, 11) is 0. The lowest BCUT2D eigenvalue weighted by Crippen LogP contribution is -2.05. The van der Waals surface area contributed by atoms with E-state index in [1.54, 1.807) is 12.1 Å². The second-order valence-corrected chi connectivity index (χ2v) is 2.79. The highest BCUT2D eigenvalue weighted by molar-refractivity contribution is 5.82. The lowest BCUT2D eigenvalue weighted by atomic mass is 10.2. The summed E-state index contributed by atoms with van der Waals surface area (Å²) in [6.07, 6.45) is 0. The summed E-state index contributed by atoms with van der Waals surface area (Å²) in [5, 5.41) is 0.333. The monoisotopic (exact) mass is 178 g/mol. The van der Waals surface area contributed by atoms with Crippen LogP contribution < -0.4 is 11.3 Å². The first kappa shape index (κ1) is 7.79. The Labute approximate surface area is 73.0 Å². The predicted octanol–water partition coefficient (Wildman–Crippen LogP) is 1.25. The number of H-pyrrole nitrogens is 1. The number of hydrogen-bond acceptors (Lipinski definition) is 2. The Bertz CT molecular complexity index is 518. The molecule has 3 N–H and O–H groups in total. The van der Waals surface area contributed by atoms with Crippen LogP contribution in [0.2, 0.25) is 0 Å². The predicted molar refractivity (Wildman–Crippen MR) is 48.9 cm³/mol. The third kappa shape index (κ3) is 1.26. The highest BCUT2D eigenvalue weighted by atomic mass is 19.1. The van der Waals surface area contributed by atoms with Crippen LogP contribution in [-0.2, 0) is 0 Å². The van der Waals surface area contributed by atoms with E-state index in [2.05, 4.69) is 4.98 Å². The van der Waals surface area contributed by atoms with Gasteiger partial charge in [0, 0.05) is 17.1 Å². The minimum Gasteiger partial charge on any atom is -0.399 e. The Kier molecular flexibility index (Phi) is 1.55. The maximum Gasteiger partial charge on any atom is 0.251 e. The number of nitrogen functional groups attached to an aromatic ring is 1. The Hall–Kier alpha value is -1.84. The average Bonchev–Trinajstić information content (AvgIpc) is 2.06. The number of anilines is 1. The zero-order valence-electron chi connectivity index (χ0n) is 6.67. The number of rotatable bonds is 0. The Morgan fingerprint density at radius 2 is 2.08 bits per heavy atom. The number of benzene rings is 1. The molecular weight excluding hydrogens is 171 g/mol. The third-order valence-electron chi connectivity index (χ3n) is 1.82. The van der Waals surface area contributed by atoms with Gasteiger partial charge in [0.25, 0.3) is 5.56 Å². The quantitative estimate of drug-likeness (QED) is 0.596. The van der Waals surface area contributed by atoms with Crippen LogP contribution in [0.5, 0.6) is 0 Å². The summed E-state index contributed by atoms with van der Waals surface area (Å²) >= 11 is 0. The van der Waals surface area contributed by atoms with Crippen molar-refractivity contribution in [3.05, 3.63) is 40.4 Å². The molecule has 0 aliphatic heterocycles. The van der Waals surface area contributed by atoms with Crippen LogP contribution in [-0.4, -0.2) is 4.98 Å². The molecule has 0 saturated heterocycles. The molecule has 1 aromatic carbocycles. The topological polar surface area (TPSA) is 58.9 Å². The van der Waals surface area contributed by atoms with Crippen molar-refractivity contribution in [1.29, 1.82) is 0 Å². The second-order valence-electron chi connectivity index (χ2n) is 2.79. The number of halogens is 1. The van der Waals surface area contributed by atoms with Gasteiger partial charge in [-0.25, -0.2) is 4.39 Å². The third-order valence-corrected chi connectivity index (χ3v) is 1.82. The molecule has 13 heavy (non-hydrogen) atoms. The van der Waals surface area contributed by atoms with E-state index in [-0.39, 0.29) is 0 Å². The van der Waals surface area contributed by atoms with Crippen LogP contribution in [0.25, 0.3) is 10.9 Å². The van der Waals surface area contributed by atoms with E-state index in [4.69, 9.17) is 5.73 Å². The number of aromatic amines is 1. The zero-order valence-corrected chi connectivity index (χ0v) is 6.67. The Balaban J connectivity index is 2.95. The van der Waals surface area contributed by atoms with Crippen LogP contribution in [0.1, 0.15) is 0 Å². The molecule has 0 bridgehead atoms. The first-order valence-electron chi connectivity index (χ1n) is 3.75. The number of fused-ring (bicyclic) bond motifs is 1. The van der Waals surface area contributed by atoms with Gasteiger partial charge < -0.3 is 10.7 Å². The number of aromatic nitrogens is 1.